The van der Waals surface area contributed by atoms with Crippen molar-refractivity contribution in [3.05, 3.63) is 64.5 Å². The fourth-order valence-corrected chi connectivity index (χ4v) is 2.87. The predicted octanol–water partition coefficient (Wildman–Crippen LogP) is 3.71. The highest BCUT2D eigenvalue weighted by molar-refractivity contribution is 9.10. The second kappa shape index (κ2) is 8.14. The van der Waals surface area contributed by atoms with Crippen LogP contribution in [0.1, 0.15) is 11.5 Å². The van der Waals surface area contributed by atoms with Crippen molar-refractivity contribution in [2.75, 3.05) is 14.2 Å². The first-order valence-electron chi connectivity index (χ1n) is 8.00. The van der Waals surface area contributed by atoms with Gasteiger partial charge in [0.15, 0.2) is 0 Å². The number of rotatable bonds is 6. The van der Waals surface area contributed by atoms with Crippen LogP contribution in [0.15, 0.2) is 57.5 Å². The number of ether oxygens (including phenoxy) is 1. The Balaban J connectivity index is 1.63. The molecule has 26 heavy (non-hydrogen) atoms. The second-order valence-electron chi connectivity index (χ2n) is 5.80. The molecule has 134 valence electrons. The summed E-state index contributed by atoms with van der Waals surface area (Å²) >= 11 is 3.41. The monoisotopic (exact) mass is 415 g/mol. The molecule has 6 nitrogen and oxygen atoms in total. The van der Waals surface area contributed by atoms with Crippen LogP contribution in [0.4, 0.5) is 0 Å². The Labute approximate surface area is 159 Å². The molecule has 0 atom stereocenters. The Morgan fingerprint density at radius 2 is 2.00 bits per heavy atom. The SMILES string of the molecule is COc1ccc(-c2noc(CN(C)C(=O)Cc3cccc(Br)c3)n2)cc1. The van der Waals surface area contributed by atoms with E-state index in [1.165, 1.54) is 0 Å². The average molecular weight is 416 g/mol. The van der Waals surface area contributed by atoms with E-state index < -0.39 is 0 Å². The van der Waals surface area contributed by atoms with Gasteiger partial charge in [-0.15, -0.1) is 0 Å². The molecule has 0 fully saturated rings. The van der Waals surface area contributed by atoms with Crippen LogP contribution in [-0.2, 0) is 17.8 Å². The van der Waals surface area contributed by atoms with Gasteiger partial charge in [0.05, 0.1) is 20.1 Å². The molecule has 0 saturated heterocycles. The van der Waals surface area contributed by atoms with Crippen LogP contribution < -0.4 is 4.74 Å². The van der Waals surface area contributed by atoms with E-state index in [0.717, 1.165) is 21.3 Å². The summed E-state index contributed by atoms with van der Waals surface area (Å²) in [6, 6.07) is 15.1. The largest absolute Gasteiger partial charge is 0.497 e. The van der Waals surface area contributed by atoms with E-state index in [-0.39, 0.29) is 12.5 Å². The quantitative estimate of drug-likeness (QED) is 0.613. The molecule has 7 heteroatoms. The van der Waals surface area contributed by atoms with E-state index in [1.807, 2.05) is 48.5 Å². The number of nitrogens with zero attached hydrogens (tertiary/aromatic N) is 3. The maximum absolute atomic E-state index is 12.4. The number of carbonyl (C=O) groups excluding carboxylic acids is 1. The minimum absolute atomic E-state index is 0.0210. The van der Waals surface area contributed by atoms with Crippen LogP contribution in [-0.4, -0.2) is 35.1 Å². The molecule has 0 aliphatic heterocycles. The van der Waals surface area contributed by atoms with Crippen molar-refractivity contribution in [2.24, 2.45) is 0 Å². The molecule has 3 aromatic rings. The Morgan fingerprint density at radius 1 is 1.23 bits per heavy atom. The van der Waals surface area contributed by atoms with Crippen molar-refractivity contribution in [2.45, 2.75) is 13.0 Å². The molecule has 0 aliphatic carbocycles. The van der Waals surface area contributed by atoms with Gasteiger partial charge in [-0.1, -0.05) is 33.2 Å². The van der Waals surface area contributed by atoms with Gasteiger partial charge in [0, 0.05) is 17.1 Å². The Hall–Kier alpha value is -2.67. The van der Waals surface area contributed by atoms with Gasteiger partial charge in [-0.3, -0.25) is 4.79 Å². The Kier molecular flexibility index (Phi) is 5.68. The minimum atomic E-state index is -0.0210. The summed E-state index contributed by atoms with van der Waals surface area (Å²) in [7, 11) is 3.33. The van der Waals surface area contributed by atoms with Gasteiger partial charge >= 0.3 is 0 Å². The Morgan fingerprint density at radius 3 is 2.69 bits per heavy atom. The van der Waals surface area contributed by atoms with Gasteiger partial charge in [0.25, 0.3) is 0 Å². The fraction of sp³-hybridized carbons (Fsp3) is 0.211. The lowest BCUT2D eigenvalue weighted by Crippen LogP contribution is -2.27. The molecule has 0 spiro atoms. The molecule has 0 N–H and O–H groups in total. The van der Waals surface area contributed by atoms with Crippen LogP contribution in [0.5, 0.6) is 5.75 Å². The lowest BCUT2D eigenvalue weighted by atomic mass is 10.1. The van der Waals surface area contributed by atoms with Crippen molar-refractivity contribution >= 4 is 21.8 Å². The summed E-state index contributed by atoms with van der Waals surface area (Å²) < 4.78 is 11.4. The van der Waals surface area contributed by atoms with E-state index in [2.05, 4.69) is 26.1 Å². The van der Waals surface area contributed by atoms with Crippen LogP contribution in [0, 0.1) is 0 Å². The normalized spacial score (nSPS) is 10.6. The van der Waals surface area contributed by atoms with Crippen LogP contribution >= 0.6 is 15.9 Å². The predicted molar refractivity (Wildman–Crippen MR) is 101 cm³/mol. The lowest BCUT2D eigenvalue weighted by Gasteiger charge is -2.14. The fourth-order valence-electron chi connectivity index (χ4n) is 2.42. The number of halogens is 1. The first-order valence-corrected chi connectivity index (χ1v) is 8.80. The van der Waals surface area contributed by atoms with Gasteiger partial charge in [-0.25, -0.2) is 0 Å². The molecule has 1 aromatic heterocycles. The number of benzene rings is 2. The van der Waals surface area contributed by atoms with Gasteiger partial charge in [0.1, 0.15) is 5.75 Å². The molecule has 1 amide bonds. The Bertz CT molecular complexity index is 893. The highest BCUT2D eigenvalue weighted by Gasteiger charge is 2.15. The van der Waals surface area contributed by atoms with Gasteiger partial charge in [0.2, 0.25) is 17.6 Å². The number of methoxy groups -OCH3 is 1. The van der Waals surface area contributed by atoms with E-state index in [0.29, 0.717) is 18.1 Å². The van der Waals surface area contributed by atoms with Gasteiger partial charge in [-0.2, -0.15) is 4.98 Å². The van der Waals surface area contributed by atoms with Crippen LogP contribution in [0.3, 0.4) is 0 Å². The smallest absolute Gasteiger partial charge is 0.246 e. The standard InChI is InChI=1S/C19H18BrN3O3/c1-23(18(24)11-13-4-3-5-15(20)10-13)12-17-21-19(22-26-17)14-6-8-16(25-2)9-7-14/h3-10H,11-12H2,1-2H3. The van der Waals surface area contributed by atoms with E-state index >= 15 is 0 Å². The van der Waals surface area contributed by atoms with E-state index in [9.17, 15) is 4.79 Å². The summed E-state index contributed by atoms with van der Waals surface area (Å²) in [5, 5.41) is 3.98. The van der Waals surface area contributed by atoms with Crippen molar-refractivity contribution in [3.8, 4) is 17.1 Å². The van der Waals surface area contributed by atoms with Gasteiger partial charge in [-0.05, 0) is 42.0 Å². The summed E-state index contributed by atoms with van der Waals surface area (Å²) in [5.41, 5.74) is 1.77. The number of aromatic nitrogens is 2. The summed E-state index contributed by atoms with van der Waals surface area (Å²) in [6.07, 6.45) is 0.315. The highest BCUT2D eigenvalue weighted by Crippen LogP contribution is 2.20. The third kappa shape index (κ3) is 4.49. The zero-order chi connectivity index (χ0) is 18.5. The maximum Gasteiger partial charge on any atom is 0.246 e. The maximum atomic E-state index is 12.4. The highest BCUT2D eigenvalue weighted by atomic mass is 79.9. The molecule has 0 bridgehead atoms. The van der Waals surface area contributed by atoms with E-state index in [4.69, 9.17) is 9.26 Å². The third-order valence-electron chi connectivity index (χ3n) is 3.86. The van der Waals surface area contributed by atoms with Crippen molar-refractivity contribution in [1.82, 2.24) is 15.0 Å². The van der Waals surface area contributed by atoms with Crippen molar-refractivity contribution in [3.63, 3.8) is 0 Å². The second-order valence-corrected chi connectivity index (χ2v) is 6.71. The van der Waals surface area contributed by atoms with Crippen LogP contribution in [0.2, 0.25) is 0 Å². The molecule has 0 saturated carbocycles. The summed E-state index contributed by atoms with van der Waals surface area (Å²) in [6.45, 7) is 0.260. The summed E-state index contributed by atoms with van der Waals surface area (Å²) in [4.78, 5) is 18.3. The molecular weight excluding hydrogens is 398 g/mol. The first kappa shape index (κ1) is 18.1. The molecule has 0 unspecified atom stereocenters. The van der Waals surface area contributed by atoms with Gasteiger partial charge < -0.3 is 14.2 Å². The molecule has 0 radical (unpaired) electrons. The minimum Gasteiger partial charge on any atom is -0.497 e. The molecular formula is C19H18BrN3O3. The number of hydrogen-bond donors (Lipinski definition) is 0. The lowest BCUT2D eigenvalue weighted by molar-refractivity contribution is -0.130. The molecule has 1 heterocycles. The first-order chi connectivity index (χ1) is 12.5. The number of carbonyl (C=O) groups is 1. The summed E-state index contributed by atoms with van der Waals surface area (Å²) in [5.74, 6) is 1.61. The van der Waals surface area contributed by atoms with E-state index in [1.54, 1.807) is 19.1 Å². The molecule has 0 aliphatic rings. The number of amides is 1. The third-order valence-corrected chi connectivity index (χ3v) is 4.35. The molecule has 2 aromatic carbocycles. The van der Waals surface area contributed by atoms with Crippen molar-refractivity contribution < 1.29 is 14.1 Å². The number of hydrogen-bond acceptors (Lipinski definition) is 5. The van der Waals surface area contributed by atoms with Crippen LogP contribution in [0.25, 0.3) is 11.4 Å². The van der Waals surface area contributed by atoms with Crippen molar-refractivity contribution in [1.29, 1.82) is 0 Å². The topological polar surface area (TPSA) is 68.5 Å². The zero-order valence-corrected chi connectivity index (χ0v) is 16.1. The molecule has 3 rings (SSSR count). The number of likely N-dealkylation sites (N-methyl/N-ethyl adjacent to an activating group) is 1. The zero-order valence-electron chi connectivity index (χ0n) is 14.5. The average Bonchev–Trinajstić information content (AvgIpc) is 3.10.